The van der Waals surface area contributed by atoms with E-state index < -0.39 is 0 Å². The lowest BCUT2D eigenvalue weighted by Gasteiger charge is -2.29. The summed E-state index contributed by atoms with van der Waals surface area (Å²) < 4.78 is 19.5. The van der Waals surface area contributed by atoms with Gasteiger partial charge in [0.05, 0.1) is 6.61 Å². The van der Waals surface area contributed by atoms with Crippen molar-refractivity contribution >= 4 is 0 Å². The average molecular weight is 318 g/mol. The van der Waals surface area contributed by atoms with Crippen molar-refractivity contribution in [3.63, 3.8) is 0 Å². The van der Waals surface area contributed by atoms with Crippen molar-refractivity contribution in [3.05, 3.63) is 54.1 Å². The molecule has 1 unspecified atom stereocenters. The predicted molar refractivity (Wildman–Crippen MR) is 88.5 cm³/mol. The minimum atomic E-state index is -0.389. The molecule has 0 aliphatic heterocycles. The van der Waals surface area contributed by atoms with Crippen molar-refractivity contribution in [3.8, 4) is 11.1 Å². The smallest absolute Gasteiger partial charge is 0.128 e. The number of methoxy groups -OCH3 is 1. The number of aliphatic hydroxyl groups excluding tert-OH is 1. The summed E-state index contributed by atoms with van der Waals surface area (Å²) in [5.74, 6) is -0.254. The predicted octanol–water partition coefficient (Wildman–Crippen LogP) is 2.76. The van der Waals surface area contributed by atoms with E-state index >= 15 is 0 Å². The molecule has 1 aromatic heterocycles. The Morgan fingerprint density at radius 1 is 1.22 bits per heavy atom. The first-order valence-corrected chi connectivity index (χ1v) is 7.61. The van der Waals surface area contributed by atoms with Gasteiger partial charge < -0.3 is 15.2 Å². The lowest BCUT2D eigenvalue weighted by Crippen LogP contribution is -2.46. The number of hydrogen-bond donors (Lipinski definition) is 2. The molecule has 0 spiro atoms. The van der Waals surface area contributed by atoms with Gasteiger partial charge in [0.2, 0.25) is 0 Å². The van der Waals surface area contributed by atoms with Crippen LogP contribution in [0.4, 0.5) is 4.39 Å². The summed E-state index contributed by atoms with van der Waals surface area (Å²) >= 11 is 0. The Morgan fingerprint density at radius 3 is 2.57 bits per heavy atom. The summed E-state index contributed by atoms with van der Waals surface area (Å²) in [5.41, 5.74) is 1.95. The van der Waals surface area contributed by atoms with E-state index in [-0.39, 0.29) is 18.0 Å². The Hall–Kier alpha value is -1.82. The molecular weight excluding hydrogens is 295 g/mol. The van der Waals surface area contributed by atoms with Gasteiger partial charge >= 0.3 is 0 Å². The van der Waals surface area contributed by atoms with E-state index in [2.05, 4.69) is 10.3 Å². The lowest BCUT2D eigenvalue weighted by molar-refractivity contribution is 0.0967. The zero-order valence-electron chi connectivity index (χ0n) is 13.6. The molecule has 1 heterocycles. The van der Waals surface area contributed by atoms with E-state index in [0.717, 1.165) is 11.1 Å². The third kappa shape index (κ3) is 4.82. The summed E-state index contributed by atoms with van der Waals surface area (Å²) in [4.78, 5) is 3.97. The van der Waals surface area contributed by atoms with E-state index in [0.29, 0.717) is 25.1 Å². The molecule has 2 aromatic rings. The van der Waals surface area contributed by atoms with Crippen LogP contribution in [0.25, 0.3) is 11.1 Å². The summed E-state index contributed by atoms with van der Waals surface area (Å²) in [6.45, 7) is 2.83. The standard InChI is InChI=1S/C18H23FN2O2/c1-18(7-10-22,13-23-2)21-12-16-4-3-15(11-17(16)19)14-5-8-20-9-6-14/h3-6,8-9,11,21-22H,7,10,12-13H2,1-2H3. The Morgan fingerprint density at radius 2 is 1.96 bits per heavy atom. The number of rotatable bonds is 8. The maximum Gasteiger partial charge on any atom is 0.128 e. The van der Waals surface area contributed by atoms with Crippen LogP contribution in [0.5, 0.6) is 0 Å². The van der Waals surface area contributed by atoms with Gasteiger partial charge in [-0.05, 0) is 42.7 Å². The van der Waals surface area contributed by atoms with Gasteiger partial charge in [0.1, 0.15) is 5.82 Å². The molecule has 0 saturated heterocycles. The Kier molecular flexibility index (Phi) is 6.21. The van der Waals surface area contributed by atoms with Crippen LogP contribution in [0.2, 0.25) is 0 Å². The highest BCUT2D eigenvalue weighted by Gasteiger charge is 2.23. The Balaban J connectivity index is 2.09. The van der Waals surface area contributed by atoms with Crippen LogP contribution < -0.4 is 5.32 Å². The molecule has 0 amide bonds. The molecule has 2 N–H and O–H groups in total. The minimum Gasteiger partial charge on any atom is -0.396 e. The van der Waals surface area contributed by atoms with Crippen molar-refractivity contribution in [2.75, 3.05) is 20.3 Å². The fraction of sp³-hybridized carbons (Fsp3) is 0.389. The molecule has 0 fully saturated rings. The van der Waals surface area contributed by atoms with E-state index in [1.54, 1.807) is 25.6 Å². The second-order valence-corrected chi connectivity index (χ2v) is 5.86. The van der Waals surface area contributed by atoms with Gasteiger partial charge in [-0.2, -0.15) is 0 Å². The first-order valence-electron chi connectivity index (χ1n) is 7.61. The SMILES string of the molecule is COCC(C)(CCO)NCc1ccc(-c2ccncc2)cc1F. The molecule has 5 heteroatoms. The van der Waals surface area contributed by atoms with Gasteiger partial charge in [0.25, 0.3) is 0 Å². The number of ether oxygens (including phenoxy) is 1. The number of nitrogens with one attached hydrogen (secondary N) is 1. The second-order valence-electron chi connectivity index (χ2n) is 5.86. The molecule has 1 aromatic carbocycles. The Labute approximate surface area is 136 Å². The first kappa shape index (κ1) is 17.5. The molecule has 124 valence electrons. The van der Waals surface area contributed by atoms with E-state index in [4.69, 9.17) is 9.84 Å². The van der Waals surface area contributed by atoms with Crippen LogP contribution in [0.1, 0.15) is 18.9 Å². The van der Waals surface area contributed by atoms with E-state index in [9.17, 15) is 4.39 Å². The van der Waals surface area contributed by atoms with Crippen LogP contribution in [-0.2, 0) is 11.3 Å². The van der Waals surface area contributed by atoms with Crippen molar-refractivity contribution in [1.29, 1.82) is 0 Å². The lowest BCUT2D eigenvalue weighted by atomic mass is 9.98. The van der Waals surface area contributed by atoms with Crippen LogP contribution in [0.15, 0.2) is 42.7 Å². The van der Waals surface area contributed by atoms with Crippen LogP contribution in [-0.4, -0.2) is 36.0 Å². The quantitative estimate of drug-likeness (QED) is 0.786. The molecule has 0 aliphatic rings. The van der Waals surface area contributed by atoms with Gasteiger partial charge in [0, 0.05) is 43.8 Å². The van der Waals surface area contributed by atoms with Gasteiger partial charge in [-0.15, -0.1) is 0 Å². The highest BCUT2D eigenvalue weighted by Crippen LogP contribution is 2.22. The van der Waals surface area contributed by atoms with Gasteiger partial charge in [-0.3, -0.25) is 4.98 Å². The number of nitrogens with zero attached hydrogens (tertiary/aromatic N) is 1. The van der Waals surface area contributed by atoms with Gasteiger partial charge in [0.15, 0.2) is 0 Å². The number of hydrogen-bond acceptors (Lipinski definition) is 4. The normalized spacial score (nSPS) is 13.7. The maximum absolute atomic E-state index is 14.3. The molecule has 1 atom stereocenters. The topological polar surface area (TPSA) is 54.4 Å². The van der Waals surface area contributed by atoms with Gasteiger partial charge in [-0.1, -0.05) is 12.1 Å². The Bertz CT molecular complexity index is 614. The monoisotopic (exact) mass is 318 g/mol. The zero-order valence-corrected chi connectivity index (χ0v) is 13.6. The minimum absolute atomic E-state index is 0.0519. The fourth-order valence-electron chi connectivity index (χ4n) is 2.50. The largest absolute Gasteiger partial charge is 0.396 e. The van der Waals surface area contributed by atoms with Gasteiger partial charge in [-0.25, -0.2) is 4.39 Å². The van der Waals surface area contributed by atoms with Crippen LogP contribution in [0.3, 0.4) is 0 Å². The third-order valence-electron chi connectivity index (χ3n) is 3.90. The van der Waals surface area contributed by atoms with Crippen molar-refractivity contribution in [2.45, 2.75) is 25.4 Å². The number of aromatic nitrogens is 1. The summed E-state index contributed by atoms with van der Waals surface area (Å²) in [7, 11) is 1.61. The van der Waals surface area contributed by atoms with Crippen molar-refractivity contribution in [2.24, 2.45) is 0 Å². The van der Waals surface area contributed by atoms with Crippen LogP contribution >= 0.6 is 0 Å². The highest BCUT2D eigenvalue weighted by molar-refractivity contribution is 5.63. The molecule has 0 bridgehead atoms. The van der Waals surface area contributed by atoms with Crippen LogP contribution in [0, 0.1) is 5.82 Å². The number of pyridine rings is 1. The average Bonchev–Trinajstić information content (AvgIpc) is 2.55. The molecular formula is C18H23FN2O2. The molecule has 0 radical (unpaired) electrons. The number of aliphatic hydroxyl groups is 1. The molecule has 0 aliphatic carbocycles. The fourth-order valence-corrected chi connectivity index (χ4v) is 2.50. The summed E-state index contributed by atoms with van der Waals surface area (Å²) in [6, 6.07) is 8.92. The van der Waals surface area contributed by atoms with E-state index in [1.165, 1.54) is 6.07 Å². The third-order valence-corrected chi connectivity index (χ3v) is 3.90. The van der Waals surface area contributed by atoms with E-state index in [1.807, 2.05) is 25.1 Å². The molecule has 4 nitrogen and oxygen atoms in total. The highest BCUT2D eigenvalue weighted by atomic mass is 19.1. The van der Waals surface area contributed by atoms with Crippen molar-refractivity contribution in [1.82, 2.24) is 10.3 Å². The summed E-state index contributed by atoms with van der Waals surface area (Å²) in [5, 5.41) is 12.4. The van der Waals surface area contributed by atoms with Crippen molar-refractivity contribution < 1.29 is 14.2 Å². The molecule has 23 heavy (non-hydrogen) atoms. The molecule has 2 rings (SSSR count). The summed E-state index contributed by atoms with van der Waals surface area (Å²) in [6.07, 6.45) is 3.92. The molecule has 0 saturated carbocycles. The first-order chi connectivity index (χ1) is 11.1. The number of benzene rings is 1. The zero-order chi connectivity index (χ0) is 16.7. The number of halogens is 1. The second kappa shape index (κ2) is 8.15. The maximum atomic E-state index is 14.3.